The van der Waals surface area contributed by atoms with Crippen molar-refractivity contribution in [2.24, 2.45) is 5.41 Å². The Hall–Kier alpha value is -0.570. The summed E-state index contributed by atoms with van der Waals surface area (Å²) in [6, 6.07) is 1.04. The highest BCUT2D eigenvalue weighted by Crippen LogP contribution is 2.29. The highest BCUT2D eigenvalue weighted by atomic mass is 16.2. The van der Waals surface area contributed by atoms with Gasteiger partial charge < -0.3 is 10.2 Å². The summed E-state index contributed by atoms with van der Waals surface area (Å²) in [7, 11) is 0. The zero-order valence-corrected chi connectivity index (χ0v) is 10.9. The number of hydrogen-bond donors (Lipinski definition) is 1. The zero-order chi connectivity index (χ0) is 11.9. The lowest BCUT2D eigenvalue weighted by Crippen LogP contribution is -2.46. The molecule has 1 aliphatic heterocycles. The number of carbonyl (C=O) groups is 1. The van der Waals surface area contributed by atoms with Gasteiger partial charge in [0.2, 0.25) is 5.91 Å². The first-order chi connectivity index (χ1) is 7.39. The van der Waals surface area contributed by atoms with Crippen LogP contribution in [0.3, 0.4) is 0 Å². The SMILES string of the molecule is CC(N1CCC(NC2CC2)C1=O)C(C)(C)C. The second-order valence-electron chi connectivity index (χ2n) is 6.36. The third kappa shape index (κ3) is 2.40. The van der Waals surface area contributed by atoms with Crippen LogP contribution in [0.5, 0.6) is 0 Å². The molecular weight excluding hydrogens is 200 g/mol. The summed E-state index contributed by atoms with van der Waals surface area (Å²) in [5.74, 6) is 0.314. The van der Waals surface area contributed by atoms with Crippen molar-refractivity contribution >= 4 is 5.91 Å². The van der Waals surface area contributed by atoms with Crippen molar-refractivity contribution in [3.05, 3.63) is 0 Å². The molecule has 3 heteroatoms. The first-order valence-corrected chi connectivity index (χ1v) is 6.46. The number of nitrogens with zero attached hydrogens (tertiary/aromatic N) is 1. The Morgan fingerprint density at radius 3 is 2.44 bits per heavy atom. The molecule has 2 atom stereocenters. The van der Waals surface area contributed by atoms with Gasteiger partial charge >= 0.3 is 0 Å². The van der Waals surface area contributed by atoms with Crippen LogP contribution in [0.25, 0.3) is 0 Å². The number of carbonyl (C=O) groups excluding carboxylic acids is 1. The molecule has 1 aliphatic carbocycles. The average molecular weight is 224 g/mol. The number of amides is 1. The summed E-state index contributed by atoms with van der Waals surface area (Å²) < 4.78 is 0. The Morgan fingerprint density at radius 1 is 1.31 bits per heavy atom. The van der Waals surface area contributed by atoms with Gasteiger partial charge in [-0.2, -0.15) is 0 Å². The summed E-state index contributed by atoms with van der Waals surface area (Å²) >= 11 is 0. The van der Waals surface area contributed by atoms with Crippen molar-refractivity contribution in [1.29, 1.82) is 0 Å². The molecule has 1 saturated carbocycles. The molecule has 1 N–H and O–H groups in total. The summed E-state index contributed by atoms with van der Waals surface area (Å²) in [5.41, 5.74) is 0.171. The summed E-state index contributed by atoms with van der Waals surface area (Å²) in [6.07, 6.45) is 3.48. The molecule has 3 nitrogen and oxygen atoms in total. The minimum atomic E-state index is 0.0947. The van der Waals surface area contributed by atoms with Gasteiger partial charge in [-0.05, 0) is 31.6 Å². The topological polar surface area (TPSA) is 32.3 Å². The van der Waals surface area contributed by atoms with Crippen LogP contribution in [0.4, 0.5) is 0 Å². The minimum absolute atomic E-state index is 0.0947. The van der Waals surface area contributed by atoms with Gasteiger partial charge in [0.1, 0.15) is 0 Å². The standard InChI is InChI=1S/C13H24N2O/c1-9(13(2,3)4)15-8-7-11(12(15)16)14-10-5-6-10/h9-11,14H,5-8H2,1-4H3. The van der Waals surface area contributed by atoms with Gasteiger partial charge in [0.15, 0.2) is 0 Å². The van der Waals surface area contributed by atoms with E-state index in [9.17, 15) is 4.79 Å². The van der Waals surface area contributed by atoms with Crippen molar-refractivity contribution in [3.63, 3.8) is 0 Å². The summed E-state index contributed by atoms with van der Waals surface area (Å²) in [5, 5.41) is 3.45. The van der Waals surface area contributed by atoms with Gasteiger partial charge in [-0.15, -0.1) is 0 Å². The fraction of sp³-hybridized carbons (Fsp3) is 0.923. The summed E-state index contributed by atoms with van der Waals surface area (Å²) in [6.45, 7) is 9.69. The van der Waals surface area contributed by atoms with Crippen LogP contribution in [0.1, 0.15) is 47.0 Å². The van der Waals surface area contributed by atoms with E-state index in [-0.39, 0.29) is 11.5 Å². The van der Waals surface area contributed by atoms with Gasteiger partial charge in [-0.3, -0.25) is 4.79 Å². The fourth-order valence-corrected chi connectivity index (χ4v) is 2.24. The fourth-order valence-electron chi connectivity index (χ4n) is 2.24. The van der Waals surface area contributed by atoms with Crippen molar-refractivity contribution in [2.45, 2.75) is 65.1 Å². The maximum absolute atomic E-state index is 12.2. The van der Waals surface area contributed by atoms with Gasteiger partial charge in [0.25, 0.3) is 0 Å². The van der Waals surface area contributed by atoms with Gasteiger partial charge in [-0.1, -0.05) is 20.8 Å². The quantitative estimate of drug-likeness (QED) is 0.792. The third-order valence-electron chi connectivity index (χ3n) is 3.97. The lowest BCUT2D eigenvalue weighted by molar-refractivity contribution is -0.133. The molecule has 0 aromatic rings. The van der Waals surface area contributed by atoms with Crippen molar-refractivity contribution < 1.29 is 4.79 Å². The molecule has 0 aromatic heterocycles. The number of hydrogen-bond acceptors (Lipinski definition) is 2. The van der Waals surface area contributed by atoms with Crippen LogP contribution in [-0.2, 0) is 4.79 Å². The molecule has 1 saturated heterocycles. The van der Waals surface area contributed by atoms with Crippen LogP contribution >= 0.6 is 0 Å². The molecule has 92 valence electrons. The number of rotatable bonds is 3. The third-order valence-corrected chi connectivity index (χ3v) is 3.97. The van der Waals surface area contributed by atoms with Crippen LogP contribution in [-0.4, -0.2) is 35.5 Å². The van der Waals surface area contributed by atoms with Gasteiger partial charge in [0, 0.05) is 18.6 Å². The molecule has 16 heavy (non-hydrogen) atoms. The molecule has 0 aromatic carbocycles. The monoisotopic (exact) mass is 224 g/mol. The molecule has 2 aliphatic rings. The summed E-state index contributed by atoms with van der Waals surface area (Å²) in [4.78, 5) is 14.3. The van der Waals surface area contributed by atoms with E-state index in [4.69, 9.17) is 0 Å². The molecule has 0 bridgehead atoms. The molecule has 2 unspecified atom stereocenters. The minimum Gasteiger partial charge on any atom is -0.338 e. The highest BCUT2D eigenvalue weighted by Gasteiger charge is 2.40. The maximum atomic E-state index is 12.2. The van der Waals surface area contributed by atoms with E-state index in [2.05, 4.69) is 37.9 Å². The molecule has 0 radical (unpaired) electrons. The largest absolute Gasteiger partial charge is 0.338 e. The van der Waals surface area contributed by atoms with Crippen LogP contribution in [0, 0.1) is 5.41 Å². The first kappa shape index (κ1) is 11.9. The van der Waals surface area contributed by atoms with Gasteiger partial charge in [0.05, 0.1) is 6.04 Å². The van der Waals surface area contributed by atoms with E-state index in [0.29, 0.717) is 18.0 Å². The normalized spacial score (nSPS) is 28.6. The molecule has 0 spiro atoms. The Kier molecular flexibility index (Phi) is 2.99. The Balaban J connectivity index is 1.95. The molecule has 2 fully saturated rings. The van der Waals surface area contributed by atoms with E-state index in [1.165, 1.54) is 12.8 Å². The van der Waals surface area contributed by atoms with E-state index < -0.39 is 0 Å². The van der Waals surface area contributed by atoms with Gasteiger partial charge in [-0.25, -0.2) is 0 Å². The van der Waals surface area contributed by atoms with E-state index in [1.54, 1.807) is 0 Å². The molecule has 2 rings (SSSR count). The van der Waals surface area contributed by atoms with Crippen LogP contribution < -0.4 is 5.32 Å². The highest BCUT2D eigenvalue weighted by molar-refractivity contribution is 5.84. The molecular formula is C13H24N2O. The molecule has 1 amide bonds. The van der Waals surface area contributed by atoms with Crippen molar-refractivity contribution in [1.82, 2.24) is 10.2 Å². The lowest BCUT2D eigenvalue weighted by Gasteiger charge is -2.35. The maximum Gasteiger partial charge on any atom is 0.240 e. The van der Waals surface area contributed by atoms with Crippen molar-refractivity contribution in [3.8, 4) is 0 Å². The van der Waals surface area contributed by atoms with Crippen molar-refractivity contribution in [2.75, 3.05) is 6.54 Å². The second kappa shape index (κ2) is 4.02. The Morgan fingerprint density at radius 2 is 1.94 bits per heavy atom. The number of nitrogens with one attached hydrogen (secondary N) is 1. The zero-order valence-electron chi connectivity index (χ0n) is 10.9. The van der Waals surface area contributed by atoms with E-state index in [1.807, 2.05) is 0 Å². The first-order valence-electron chi connectivity index (χ1n) is 6.46. The van der Waals surface area contributed by atoms with E-state index >= 15 is 0 Å². The van der Waals surface area contributed by atoms with Crippen LogP contribution in [0.2, 0.25) is 0 Å². The predicted octanol–water partition coefficient (Wildman–Crippen LogP) is 1.77. The predicted molar refractivity (Wildman–Crippen MR) is 65.2 cm³/mol. The Labute approximate surface area is 98.6 Å². The Bertz CT molecular complexity index is 278. The average Bonchev–Trinajstić information content (AvgIpc) is 2.91. The molecule has 1 heterocycles. The van der Waals surface area contributed by atoms with E-state index in [0.717, 1.165) is 13.0 Å². The second-order valence-corrected chi connectivity index (χ2v) is 6.36. The smallest absolute Gasteiger partial charge is 0.240 e. The lowest BCUT2D eigenvalue weighted by atomic mass is 9.87. The van der Waals surface area contributed by atoms with Crippen LogP contribution in [0.15, 0.2) is 0 Å². The number of likely N-dealkylation sites (tertiary alicyclic amines) is 1.